The number of H-pyrrole nitrogens is 1. The number of nitriles is 1. The predicted octanol–water partition coefficient (Wildman–Crippen LogP) is -0.191. The van der Waals surface area contributed by atoms with Crippen LogP contribution in [0.2, 0.25) is 0 Å². The first-order valence-electron chi connectivity index (χ1n) is 9.57. The number of nitrogens with two attached hydrogens (primary N) is 1. The summed E-state index contributed by atoms with van der Waals surface area (Å²) in [6.07, 6.45) is -0.740. The number of hydrogen-bond acceptors (Lipinski definition) is 8. The van der Waals surface area contributed by atoms with Crippen molar-refractivity contribution in [2.45, 2.75) is 24.9 Å². The minimum Gasteiger partial charge on any atom is -0.394 e. The molecule has 1 aliphatic heterocycles. The number of amides is 1. The quantitative estimate of drug-likeness (QED) is 0.352. The van der Waals surface area contributed by atoms with E-state index in [0.29, 0.717) is 11.3 Å². The highest BCUT2D eigenvalue weighted by Crippen LogP contribution is 2.32. The van der Waals surface area contributed by atoms with Gasteiger partial charge < -0.3 is 30.6 Å². The van der Waals surface area contributed by atoms with Crippen LogP contribution in [0.1, 0.15) is 23.8 Å². The van der Waals surface area contributed by atoms with Crippen molar-refractivity contribution in [2.75, 3.05) is 17.7 Å². The normalized spacial score (nSPS) is 19.8. The minimum absolute atomic E-state index is 0.108. The first-order valence-corrected chi connectivity index (χ1v) is 9.57. The summed E-state index contributed by atoms with van der Waals surface area (Å²) in [6.45, 7) is -0.368. The minimum atomic E-state index is -0.897. The molecule has 4 rings (SSSR count). The lowest BCUT2D eigenvalue weighted by Gasteiger charge is -2.14. The number of aromatic amines is 1. The second kappa shape index (κ2) is 8.53. The van der Waals surface area contributed by atoms with Crippen LogP contribution in [-0.2, 0) is 9.53 Å². The Morgan fingerprint density at radius 1 is 1.47 bits per heavy atom. The number of rotatable bonds is 3. The average Bonchev–Trinajstić information content (AvgIpc) is 3.32. The standard InChI is InChI=1S/C21H18N6O5/c22-8-11-2-1-3-13(6-11)24-16(30)5-4-12-9-27(17-7-14(29)15(10-28)32-17)19-18(12)20(31)26-21(23)25-19/h1-3,6,9,14-15,17,28-29H,7,10H2,(H,24,30)(H3,23,25,26,31)/t14-,15-,17-/m1/s1. The monoisotopic (exact) mass is 434 g/mol. The van der Waals surface area contributed by atoms with Gasteiger partial charge in [0.2, 0.25) is 5.95 Å². The van der Waals surface area contributed by atoms with Crippen molar-refractivity contribution in [3.63, 3.8) is 0 Å². The number of nitrogens with zero attached hydrogens (tertiary/aromatic N) is 3. The first-order chi connectivity index (χ1) is 15.4. The Balaban J connectivity index is 1.69. The van der Waals surface area contributed by atoms with Crippen molar-refractivity contribution < 1.29 is 19.7 Å². The van der Waals surface area contributed by atoms with E-state index in [0.717, 1.165) is 0 Å². The number of benzene rings is 1. The molecule has 0 spiro atoms. The second-order valence-electron chi connectivity index (χ2n) is 7.11. The molecule has 0 aliphatic carbocycles. The smallest absolute Gasteiger partial charge is 0.300 e. The van der Waals surface area contributed by atoms with Crippen molar-refractivity contribution >= 4 is 28.6 Å². The van der Waals surface area contributed by atoms with Crippen LogP contribution in [0.4, 0.5) is 11.6 Å². The molecule has 1 amide bonds. The summed E-state index contributed by atoms with van der Waals surface area (Å²) in [5, 5.41) is 31.0. The van der Waals surface area contributed by atoms with Crippen LogP contribution in [0.25, 0.3) is 11.0 Å². The molecular formula is C21H18N6O5. The summed E-state index contributed by atoms with van der Waals surface area (Å²) < 4.78 is 7.15. The number of carbonyl (C=O) groups excluding carboxylic acids is 1. The van der Waals surface area contributed by atoms with E-state index in [-0.39, 0.29) is 35.6 Å². The predicted molar refractivity (Wildman–Crippen MR) is 113 cm³/mol. The fourth-order valence-electron chi connectivity index (χ4n) is 3.49. The van der Waals surface area contributed by atoms with Crippen molar-refractivity contribution in [1.82, 2.24) is 14.5 Å². The Labute approximate surface area is 181 Å². The molecule has 0 saturated carbocycles. The Bertz CT molecular complexity index is 1360. The number of carbonyl (C=O) groups is 1. The topological polar surface area (TPSA) is 179 Å². The molecule has 1 aromatic carbocycles. The lowest BCUT2D eigenvalue weighted by atomic mass is 10.2. The number of anilines is 2. The van der Waals surface area contributed by atoms with E-state index in [4.69, 9.17) is 15.7 Å². The summed E-state index contributed by atoms with van der Waals surface area (Å²) >= 11 is 0. The van der Waals surface area contributed by atoms with Gasteiger partial charge in [-0.1, -0.05) is 12.0 Å². The molecule has 11 nitrogen and oxygen atoms in total. The molecule has 1 aliphatic rings. The van der Waals surface area contributed by atoms with Crippen molar-refractivity contribution in [3.8, 4) is 17.9 Å². The largest absolute Gasteiger partial charge is 0.394 e. The van der Waals surface area contributed by atoms with E-state index < -0.39 is 29.9 Å². The molecule has 3 heterocycles. The molecule has 1 saturated heterocycles. The first kappa shape index (κ1) is 21.1. The molecule has 3 atom stereocenters. The van der Waals surface area contributed by atoms with E-state index in [1.54, 1.807) is 18.2 Å². The molecule has 0 radical (unpaired) electrons. The maximum Gasteiger partial charge on any atom is 0.300 e. The van der Waals surface area contributed by atoms with Gasteiger partial charge in [0.05, 0.1) is 35.3 Å². The average molecular weight is 434 g/mol. The summed E-state index contributed by atoms with van der Waals surface area (Å²) in [5.74, 6) is 4.31. The summed E-state index contributed by atoms with van der Waals surface area (Å²) in [4.78, 5) is 31.3. The van der Waals surface area contributed by atoms with Crippen LogP contribution in [0, 0.1) is 23.2 Å². The fraction of sp³-hybridized carbons (Fsp3) is 0.238. The molecule has 2 aromatic heterocycles. The van der Waals surface area contributed by atoms with Gasteiger partial charge in [0.15, 0.2) is 5.65 Å². The Morgan fingerprint density at radius 3 is 3.00 bits per heavy atom. The van der Waals surface area contributed by atoms with Crippen LogP contribution in [0.3, 0.4) is 0 Å². The Morgan fingerprint density at radius 2 is 2.28 bits per heavy atom. The Kier molecular flexibility index (Phi) is 5.62. The van der Waals surface area contributed by atoms with Gasteiger partial charge in [-0.15, -0.1) is 0 Å². The lowest BCUT2D eigenvalue weighted by molar-refractivity contribution is -0.111. The van der Waals surface area contributed by atoms with Gasteiger partial charge in [0.1, 0.15) is 12.3 Å². The maximum atomic E-state index is 12.5. The highest BCUT2D eigenvalue weighted by Gasteiger charge is 2.35. The van der Waals surface area contributed by atoms with E-state index in [1.807, 2.05) is 6.07 Å². The van der Waals surface area contributed by atoms with Gasteiger partial charge in [-0.2, -0.15) is 10.2 Å². The van der Waals surface area contributed by atoms with Crippen molar-refractivity contribution in [1.29, 1.82) is 5.26 Å². The molecule has 0 bridgehead atoms. The number of aromatic nitrogens is 3. The highest BCUT2D eigenvalue weighted by molar-refractivity contribution is 6.04. The molecule has 162 valence electrons. The fourth-order valence-corrected chi connectivity index (χ4v) is 3.49. The zero-order valence-electron chi connectivity index (χ0n) is 16.6. The third-order valence-electron chi connectivity index (χ3n) is 4.96. The number of nitrogen functional groups attached to an aromatic ring is 1. The molecule has 32 heavy (non-hydrogen) atoms. The van der Waals surface area contributed by atoms with Crippen LogP contribution < -0.4 is 16.6 Å². The third-order valence-corrected chi connectivity index (χ3v) is 4.96. The third kappa shape index (κ3) is 4.04. The number of aliphatic hydroxyl groups is 2. The van der Waals surface area contributed by atoms with Gasteiger partial charge in [-0.05, 0) is 18.2 Å². The van der Waals surface area contributed by atoms with Gasteiger partial charge in [0, 0.05) is 24.2 Å². The molecule has 0 unspecified atom stereocenters. The van der Waals surface area contributed by atoms with E-state index in [1.165, 1.54) is 16.8 Å². The zero-order valence-corrected chi connectivity index (χ0v) is 16.6. The molecular weight excluding hydrogens is 416 g/mol. The van der Waals surface area contributed by atoms with Gasteiger partial charge in [0.25, 0.3) is 5.56 Å². The van der Waals surface area contributed by atoms with Gasteiger partial charge in [-0.3, -0.25) is 14.6 Å². The maximum absolute atomic E-state index is 12.5. The summed E-state index contributed by atoms with van der Waals surface area (Å²) in [7, 11) is 0. The van der Waals surface area contributed by atoms with E-state index in [2.05, 4.69) is 27.1 Å². The molecule has 3 aromatic rings. The van der Waals surface area contributed by atoms with Crippen LogP contribution in [0.5, 0.6) is 0 Å². The van der Waals surface area contributed by atoms with Crippen molar-refractivity contribution in [2.24, 2.45) is 0 Å². The number of fused-ring (bicyclic) bond motifs is 1. The summed E-state index contributed by atoms with van der Waals surface area (Å²) in [6, 6.07) is 8.32. The Hall–Kier alpha value is -4.16. The summed E-state index contributed by atoms with van der Waals surface area (Å²) in [5.41, 5.74) is 6.30. The number of hydrogen-bond donors (Lipinski definition) is 5. The number of nitrogens with one attached hydrogen (secondary N) is 2. The highest BCUT2D eigenvalue weighted by atomic mass is 16.5. The van der Waals surface area contributed by atoms with Crippen LogP contribution >= 0.6 is 0 Å². The number of aliphatic hydroxyl groups excluding tert-OH is 2. The molecule has 6 N–H and O–H groups in total. The van der Waals surface area contributed by atoms with Crippen LogP contribution in [0.15, 0.2) is 35.3 Å². The van der Waals surface area contributed by atoms with Crippen molar-refractivity contribution in [3.05, 3.63) is 51.9 Å². The number of ether oxygens (including phenoxy) is 1. The lowest BCUT2D eigenvalue weighted by Crippen LogP contribution is -2.24. The molecule has 1 fully saturated rings. The second-order valence-corrected chi connectivity index (χ2v) is 7.11. The van der Waals surface area contributed by atoms with Gasteiger partial charge in [-0.25, -0.2) is 0 Å². The van der Waals surface area contributed by atoms with Crippen LogP contribution in [-0.4, -0.2) is 49.5 Å². The SMILES string of the molecule is N#Cc1cccc(NC(=O)C#Cc2cn([C@H]3C[C@@H](O)[C@@H](CO)O3)c3nc(N)[nH]c(=O)c23)c1. The molecule has 11 heteroatoms. The van der Waals surface area contributed by atoms with Gasteiger partial charge >= 0.3 is 5.91 Å². The zero-order chi connectivity index (χ0) is 22.8. The van der Waals surface area contributed by atoms with E-state index >= 15 is 0 Å². The van der Waals surface area contributed by atoms with E-state index in [9.17, 15) is 19.8 Å².